The Kier molecular flexibility index (Phi) is 5.22. The molecule has 6 rings (SSSR count). The van der Waals surface area contributed by atoms with Gasteiger partial charge in [-0.2, -0.15) is 0 Å². The van der Waals surface area contributed by atoms with E-state index in [9.17, 15) is 4.79 Å². The fourth-order valence-corrected chi connectivity index (χ4v) is 5.99. The van der Waals surface area contributed by atoms with Gasteiger partial charge in [0.25, 0.3) is 5.56 Å². The number of allylic oxidation sites excluding steroid dienone is 1. The van der Waals surface area contributed by atoms with E-state index in [0.29, 0.717) is 26.6 Å². The normalized spacial score (nSPS) is 16.9. The average molecular weight is 485 g/mol. The molecule has 7 heteroatoms. The molecule has 0 fully saturated rings. The van der Waals surface area contributed by atoms with Crippen molar-refractivity contribution in [2.24, 2.45) is 4.99 Å². The monoisotopic (exact) mass is 484 g/mol. The quantitative estimate of drug-likeness (QED) is 0.435. The Hall–Kier alpha value is -3.84. The van der Waals surface area contributed by atoms with E-state index in [1.54, 1.807) is 20.3 Å². The molecule has 0 saturated heterocycles. The maximum absolute atomic E-state index is 13.8. The minimum Gasteiger partial charge on any atom is -0.493 e. The van der Waals surface area contributed by atoms with E-state index in [4.69, 9.17) is 18.9 Å². The number of furan rings is 1. The van der Waals surface area contributed by atoms with Crippen LogP contribution in [0, 0.1) is 6.92 Å². The molecule has 4 aromatic rings. The molecule has 0 bridgehead atoms. The van der Waals surface area contributed by atoms with E-state index in [2.05, 4.69) is 18.2 Å². The fourth-order valence-electron chi connectivity index (χ4n) is 5.01. The van der Waals surface area contributed by atoms with E-state index < -0.39 is 0 Å². The van der Waals surface area contributed by atoms with E-state index in [1.807, 2.05) is 47.9 Å². The van der Waals surface area contributed by atoms with Crippen LogP contribution in [-0.2, 0) is 6.42 Å². The van der Waals surface area contributed by atoms with Crippen LogP contribution in [0.3, 0.4) is 0 Å². The van der Waals surface area contributed by atoms with E-state index in [-0.39, 0.29) is 11.6 Å². The summed E-state index contributed by atoms with van der Waals surface area (Å²) >= 11 is 1.39. The minimum absolute atomic E-state index is 0.0759. The highest BCUT2D eigenvalue weighted by Crippen LogP contribution is 2.42. The lowest BCUT2D eigenvalue weighted by atomic mass is 9.83. The predicted octanol–water partition coefficient (Wildman–Crippen LogP) is 4.24. The van der Waals surface area contributed by atoms with Gasteiger partial charge in [-0.25, -0.2) is 4.99 Å². The number of aromatic nitrogens is 1. The minimum atomic E-state index is -0.283. The number of hydrogen-bond donors (Lipinski definition) is 0. The molecule has 2 aliphatic rings. The summed E-state index contributed by atoms with van der Waals surface area (Å²) in [5.74, 6) is 2.75. The molecule has 0 amide bonds. The van der Waals surface area contributed by atoms with Crippen LogP contribution in [0.5, 0.6) is 11.5 Å². The summed E-state index contributed by atoms with van der Waals surface area (Å²) in [6.45, 7) is 1.89. The Morgan fingerprint density at radius 3 is 2.66 bits per heavy atom. The number of ether oxygens (including phenoxy) is 2. The molecule has 0 spiro atoms. The highest BCUT2D eigenvalue weighted by Gasteiger charge is 2.33. The Morgan fingerprint density at radius 2 is 1.89 bits per heavy atom. The lowest BCUT2D eigenvalue weighted by Crippen LogP contribution is -2.38. The van der Waals surface area contributed by atoms with Crippen molar-refractivity contribution in [3.63, 3.8) is 0 Å². The van der Waals surface area contributed by atoms with Crippen molar-refractivity contribution < 1.29 is 13.9 Å². The van der Waals surface area contributed by atoms with Crippen molar-refractivity contribution in [1.29, 1.82) is 0 Å². The summed E-state index contributed by atoms with van der Waals surface area (Å²) in [5.41, 5.74) is 5.42. The van der Waals surface area contributed by atoms with Gasteiger partial charge in [0.2, 0.25) is 0 Å². The van der Waals surface area contributed by atoms with Gasteiger partial charge in [0.15, 0.2) is 16.3 Å². The highest BCUT2D eigenvalue weighted by atomic mass is 32.1. The standard InChI is InChI=1S/C28H24N2O4S/c1-16-8-11-19(34-16)15-24-27(31)30-26(18-10-13-22(32-2)23(14-18)33-3)21-12-9-17-6-4-5-7-20(17)25(21)29-28(30)35-24/h4-8,10-11,13-15,26H,9,12H2,1-3H3. The summed E-state index contributed by atoms with van der Waals surface area (Å²) in [6.07, 6.45) is 3.54. The summed E-state index contributed by atoms with van der Waals surface area (Å²) < 4.78 is 19.2. The van der Waals surface area contributed by atoms with Gasteiger partial charge in [-0.1, -0.05) is 41.7 Å². The van der Waals surface area contributed by atoms with Crippen molar-refractivity contribution in [3.8, 4) is 11.5 Å². The largest absolute Gasteiger partial charge is 0.493 e. The van der Waals surface area contributed by atoms with Crippen LogP contribution in [-0.4, -0.2) is 18.8 Å². The molecule has 1 aliphatic heterocycles. The molecule has 0 radical (unpaired) electrons. The lowest BCUT2D eigenvalue weighted by molar-refractivity contribution is 0.354. The molecule has 176 valence electrons. The van der Waals surface area contributed by atoms with Crippen molar-refractivity contribution in [2.75, 3.05) is 14.2 Å². The van der Waals surface area contributed by atoms with Crippen LogP contribution < -0.4 is 24.4 Å². The molecule has 1 atom stereocenters. The first-order chi connectivity index (χ1) is 17.1. The van der Waals surface area contributed by atoms with Crippen molar-refractivity contribution in [3.05, 3.63) is 108 Å². The van der Waals surface area contributed by atoms with Gasteiger partial charge < -0.3 is 13.9 Å². The van der Waals surface area contributed by atoms with Gasteiger partial charge in [0.05, 0.1) is 30.5 Å². The van der Waals surface area contributed by atoms with Gasteiger partial charge in [-0.15, -0.1) is 0 Å². The number of aryl methyl sites for hydroxylation is 2. The Morgan fingerprint density at radius 1 is 1.06 bits per heavy atom. The topological polar surface area (TPSA) is 66.0 Å². The van der Waals surface area contributed by atoms with Crippen LogP contribution in [0.1, 0.15) is 40.7 Å². The number of fused-ring (bicyclic) bond motifs is 3. The number of benzene rings is 2. The van der Waals surface area contributed by atoms with Crippen molar-refractivity contribution in [2.45, 2.75) is 25.8 Å². The van der Waals surface area contributed by atoms with Gasteiger partial charge in [0.1, 0.15) is 11.5 Å². The second kappa shape index (κ2) is 8.43. The van der Waals surface area contributed by atoms with Crippen LogP contribution in [0.15, 0.2) is 74.4 Å². The van der Waals surface area contributed by atoms with Gasteiger partial charge in [-0.05, 0) is 60.7 Å². The number of thiazole rings is 1. The highest BCUT2D eigenvalue weighted by molar-refractivity contribution is 7.07. The third-order valence-corrected chi connectivity index (χ3v) is 7.61. The summed E-state index contributed by atoms with van der Waals surface area (Å²) in [5, 5.41) is 0. The average Bonchev–Trinajstić information content (AvgIpc) is 3.44. The van der Waals surface area contributed by atoms with Gasteiger partial charge in [0, 0.05) is 11.6 Å². The number of nitrogens with zero attached hydrogens (tertiary/aromatic N) is 2. The van der Waals surface area contributed by atoms with E-state index in [1.165, 1.54) is 16.9 Å². The molecule has 0 saturated carbocycles. The van der Waals surface area contributed by atoms with E-state index in [0.717, 1.165) is 41.0 Å². The Balaban J connectivity index is 1.63. The third kappa shape index (κ3) is 3.54. The van der Waals surface area contributed by atoms with Gasteiger partial charge >= 0.3 is 0 Å². The van der Waals surface area contributed by atoms with Crippen LogP contribution in [0.25, 0.3) is 11.8 Å². The van der Waals surface area contributed by atoms with Crippen LogP contribution >= 0.6 is 11.3 Å². The van der Waals surface area contributed by atoms with Gasteiger partial charge in [-0.3, -0.25) is 9.36 Å². The van der Waals surface area contributed by atoms with Crippen LogP contribution in [0.2, 0.25) is 0 Å². The number of rotatable bonds is 4. The molecule has 6 nitrogen and oxygen atoms in total. The molecular formula is C28H24N2O4S. The van der Waals surface area contributed by atoms with E-state index >= 15 is 0 Å². The maximum atomic E-state index is 13.8. The fraction of sp³-hybridized carbons (Fsp3) is 0.214. The zero-order valence-corrected chi connectivity index (χ0v) is 20.5. The molecule has 2 aromatic heterocycles. The second-order valence-corrected chi connectivity index (χ2v) is 9.69. The molecule has 1 aliphatic carbocycles. The molecule has 0 N–H and O–H groups in total. The van der Waals surface area contributed by atoms with Crippen molar-refractivity contribution >= 4 is 23.1 Å². The molecule has 1 unspecified atom stereocenters. The lowest BCUT2D eigenvalue weighted by Gasteiger charge is -2.31. The summed E-state index contributed by atoms with van der Waals surface area (Å²) in [4.78, 5) is 19.5. The predicted molar refractivity (Wildman–Crippen MR) is 136 cm³/mol. The maximum Gasteiger partial charge on any atom is 0.271 e. The summed E-state index contributed by atoms with van der Waals surface area (Å²) in [6, 6.07) is 17.8. The first-order valence-electron chi connectivity index (χ1n) is 11.5. The third-order valence-electron chi connectivity index (χ3n) is 6.63. The number of methoxy groups -OCH3 is 2. The first-order valence-corrected chi connectivity index (χ1v) is 12.3. The van der Waals surface area contributed by atoms with Crippen LogP contribution in [0.4, 0.5) is 0 Å². The first kappa shape index (κ1) is 21.7. The Bertz CT molecular complexity index is 1670. The molecule has 35 heavy (non-hydrogen) atoms. The molecular weight excluding hydrogens is 460 g/mol. The number of hydrogen-bond acceptors (Lipinski definition) is 6. The SMILES string of the molecule is COc1ccc(C2C3=C(N=c4sc(=Cc5ccc(C)o5)c(=O)n42)c2ccccc2CC3)cc1OC. The smallest absolute Gasteiger partial charge is 0.271 e. The summed E-state index contributed by atoms with van der Waals surface area (Å²) in [7, 11) is 3.25. The zero-order chi connectivity index (χ0) is 24.1. The molecule has 3 heterocycles. The second-order valence-electron chi connectivity index (χ2n) is 8.68. The molecule has 2 aromatic carbocycles. The Labute approximate surface area is 206 Å². The van der Waals surface area contributed by atoms with Crippen molar-refractivity contribution in [1.82, 2.24) is 4.57 Å². The zero-order valence-electron chi connectivity index (χ0n) is 19.7.